The van der Waals surface area contributed by atoms with E-state index in [4.69, 9.17) is 0 Å². The van der Waals surface area contributed by atoms with Gasteiger partial charge in [-0.15, -0.1) is 0 Å². The zero-order chi connectivity index (χ0) is 10.9. The van der Waals surface area contributed by atoms with Crippen molar-refractivity contribution in [2.75, 3.05) is 25.4 Å². The molecule has 0 spiro atoms. The largest absolute Gasteiger partial charge is 0.316 e. The first-order valence-electron chi connectivity index (χ1n) is 5.30. The number of nitrogens with one attached hydrogen (secondary N) is 2. The smallest absolute Gasteiger partial charge is 0.212 e. The van der Waals surface area contributed by atoms with Crippen molar-refractivity contribution < 1.29 is 8.42 Å². The standard InChI is InChI=1S/C9H22N2O2S/c1-3-5-7-11-14(12,13)9-8-10-6-4-2/h10-11H,3-9H2,1-2H3. The third kappa shape index (κ3) is 8.47. The molecule has 0 heterocycles. The molecule has 0 atom stereocenters. The summed E-state index contributed by atoms with van der Waals surface area (Å²) >= 11 is 0. The molecule has 0 unspecified atom stereocenters. The van der Waals surface area contributed by atoms with Crippen LogP contribution in [0.1, 0.15) is 33.1 Å². The van der Waals surface area contributed by atoms with Gasteiger partial charge in [0.2, 0.25) is 10.0 Å². The molecule has 0 rings (SSSR count). The van der Waals surface area contributed by atoms with Crippen molar-refractivity contribution in [1.29, 1.82) is 0 Å². The van der Waals surface area contributed by atoms with Crippen LogP contribution in [0.3, 0.4) is 0 Å². The second-order valence-electron chi connectivity index (χ2n) is 3.32. The van der Waals surface area contributed by atoms with Crippen molar-refractivity contribution in [2.45, 2.75) is 33.1 Å². The maximum atomic E-state index is 11.3. The summed E-state index contributed by atoms with van der Waals surface area (Å²) in [5.74, 6) is 0.177. The van der Waals surface area contributed by atoms with Crippen molar-refractivity contribution >= 4 is 10.0 Å². The second-order valence-corrected chi connectivity index (χ2v) is 5.24. The Labute approximate surface area is 87.5 Å². The monoisotopic (exact) mass is 222 g/mol. The number of unbranched alkanes of at least 4 members (excludes halogenated alkanes) is 1. The fourth-order valence-electron chi connectivity index (χ4n) is 0.985. The molecule has 86 valence electrons. The first-order chi connectivity index (χ1) is 6.62. The summed E-state index contributed by atoms with van der Waals surface area (Å²) in [7, 11) is -3.05. The average Bonchev–Trinajstić information content (AvgIpc) is 2.13. The van der Waals surface area contributed by atoms with Crippen molar-refractivity contribution in [1.82, 2.24) is 10.0 Å². The highest BCUT2D eigenvalue weighted by Crippen LogP contribution is 1.87. The van der Waals surface area contributed by atoms with E-state index in [0.717, 1.165) is 25.8 Å². The van der Waals surface area contributed by atoms with Crippen LogP contribution in [-0.2, 0) is 10.0 Å². The molecule has 0 fully saturated rings. The minimum atomic E-state index is -3.05. The lowest BCUT2D eigenvalue weighted by molar-refractivity contribution is 0.573. The fraction of sp³-hybridized carbons (Fsp3) is 1.00. The van der Waals surface area contributed by atoms with Gasteiger partial charge in [-0.3, -0.25) is 0 Å². The highest BCUT2D eigenvalue weighted by atomic mass is 32.2. The van der Waals surface area contributed by atoms with Gasteiger partial charge in [0.1, 0.15) is 0 Å². The van der Waals surface area contributed by atoms with Crippen LogP contribution in [0.25, 0.3) is 0 Å². The molecule has 0 aliphatic carbocycles. The Morgan fingerprint density at radius 1 is 1.00 bits per heavy atom. The molecule has 0 amide bonds. The van der Waals surface area contributed by atoms with Crippen LogP contribution in [0, 0.1) is 0 Å². The van der Waals surface area contributed by atoms with Crippen LogP contribution in [0.4, 0.5) is 0 Å². The van der Waals surface area contributed by atoms with E-state index >= 15 is 0 Å². The van der Waals surface area contributed by atoms with E-state index in [9.17, 15) is 8.42 Å². The van der Waals surface area contributed by atoms with Gasteiger partial charge >= 0.3 is 0 Å². The van der Waals surface area contributed by atoms with Gasteiger partial charge < -0.3 is 5.32 Å². The molecule has 0 aromatic rings. The van der Waals surface area contributed by atoms with Gasteiger partial charge in [-0.2, -0.15) is 0 Å². The summed E-state index contributed by atoms with van der Waals surface area (Å²) in [6.45, 7) is 6.07. The minimum absolute atomic E-state index is 0.177. The molecular formula is C9H22N2O2S. The van der Waals surface area contributed by atoms with E-state index in [1.807, 2.05) is 6.92 Å². The summed E-state index contributed by atoms with van der Waals surface area (Å²) in [6.07, 6.45) is 2.95. The number of hydrogen-bond donors (Lipinski definition) is 2. The van der Waals surface area contributed by atoms with E-state index in [1.165, 1.54) is 0 Å². The molecule has 0 aromatic carbocycles. The van der Waals surface area contributed by atoms with Gasteiger partial charge in [0.15, 0.2) is 0 Å². The molecule has 0 radical (unpaired) electrons. The van der Waals surface area contributed by atoms with Crippen LogP contribution in [-0.4, -0.2) is 33.8 Å². The van der Waals surface area contributed by atoms with Crippen LogP contribution < -0.4 is 10.0 Å². The van der Waals surface area contributed by atoms with Gasteiger partial charge in [-0.05, 0) is 19.4 Å². The predicted molar refractivity (Wildman–Crippen MR) is 59.9 cm³/mol. The molecule has 0 aliphatic rings. The highest BCUT2D eigenvalue weighted by molar-refractivity contribution is 7.89. The Balaban J connectivity index is 3.52. The summed E-state index contributed by atoms with van der Waals surface area (Å²) in [4.78, 5) is 0. The Morgan fingerprint density at radius 3 is 2.29 bits per heavy atom. The zero-order valence-corrected chi connectivity index (χ0v) is 9.99. The third-order valence-electron chi connectivity index (χ3n) is 1.83. The Bertz CT molecular complexity index is 215. The average molecular weight is 222 g/mol. The van der Waals surface area contributed by atoms with Crippen molar-refractivity contribution in [3.05, 3.63) is 0 Å². The first kappa shape index (κ1) is 13.9. The maximum Gasteiger partial charge on any atom is 0.212 e. The first-order valence-corrected chi connectivity index (χ1v) is 6.95. The summed E-state index contributed by atoms with van der Waals surface area (Å²) in [5, 5.41) is 3.06. The van der Waals surface area contributed by atoms with E-state index in [-0.39, 0.29) is 5.75 Å². The topological polar surface area (TPSA) is 58.2 Å². The molecule has 4 nitrogen and oxygen atoms in total. The Kier molecular flexibility index (Phi) is 8.12. The molecule has 5 heteroatoms. The van der Waals surface area contributed by atoms with E-state index in [0.29, 0.717) is 13.1 Å². The lowest BCUT2D eigenvalue weighted by Gasteiger charge is -2.06. The molecule has 0 aliphatic heterocycles. The normalized spacial score (nSPS) is 11.9. The molecule has 0 saturated carbocycles. The van der Waals surface area contributed by atoms with Gasteiger partial charge in [0, 0.05) is 13.1 Å². The van der Waals surface area contributed by atoms with Gasteiger partial charge in [0.25, 0.3) is 0 Å². The van der Waals surface area contributed by atoms with E-state index < -0.39 is 10.0 Å². The summed E-state index contributed by atoms with van der Waals surface area (Å²) < 4.78 is 25.2. The summed E-state index contributed by atoms with van der Waals surface area (Å²) in [6, 6.07) is 0. The van der Waals surface area contributed by atoms with E-state index in [1.54, 1.807) is 0 Å². The van der Waals surface area contributed by atoms with Gasteiger partial charge in [-0.1, -0.05) is 20.3 Å². The van der Waals surface area contributed by atoms with Gasteiger partial charge in [0.05, 0.1) is 5.75 Å². The van der Waals surface area contributed by atoms with Crippen LogP contribution >= 0.6 is 0 Å². The van der Waals surface area contributed by atoms with E-state index in [2.05, 4.69) is 17.0 Å². The molecule has 14 heavy (non-hydrogen) atoms. The Morgan fingerprint density at radius 2 is 1.71 bits per heavy atom. The second kappa shape index (κ2) is 8.20. The SMILES string of the molecule is CCCCNS(=O)(=O)CCNCCC. The van der Waals surface area contributed by atoms with Crippen LogP contribution in [0.2, 0.25) is 0 Å². The quantitative estimate of drug-likeness (QED) is 0.565. The lowest BCUT2D eigenvalue weighted by atomic mass is 10.3. The Hall–Kier alpha value is -0.130. The van der Waals surface area contributed by atoms with Crippen LogP contribution in [0.5, 0.6) is 0 Å². The van der Waals surface area contributed by atoms with Crippen molar-refractivity contribution in [3.63, 3.8) is 0 Å². The minimum Gasteiger partial charge on any atom is -0.316 e. The fourth-order valence-corrected chi connectivity index (χ4v) is 2.00. The predicted octanol–water partition coefficient (Wildman–Crippen LogP) is 0.706. The van der Waals surface area contributed by atoms with Crippen LogP contribution in [0.15, 0.2) is 0 Å². The summed E-state index contributed by atoms with van der Waals surface area (Å²) in [5.41, 5.74) is 0. The molecule has 0 bridgehead atoms. The highest BCUT2D eigenvalue weighted by Gasteiger charge is 2.07. The van der Waals surface area contributed by atoms with Crippen molar-refractivity contribution in [3.8, 4) is 0 Å². The van der Waals surface area contributed by atoms with Gasteiger partial charge in [-0.25, -0.2) is 13.1 Å². The molecular weight excluding hydrogens is 200 g/mol. The number of sulfonamides is 1. The molecule has 2 N–H and O–H groups in total. The maximum absolute atomic E-state index is 11.3. The number of rotatable bonds is 9. The number of hydrogen-bond acceptors (Lipinski definition) is 3. The lowest BCUT2D eigenvalue weighted by Crippen LogP contribution is -2.32. The zero-order valence-electron chi connectivity index (χ0n) is 9.17. The molecule has 0 aromatic heterocycles. The van der Waals surface area contributed by atoms with Crippen molar-refractivity contribution in [2.24, 2.45) is 0 Å². The molecule has 0 saturated heterocycles. The third-order valence-corrected chi connectivity index (χ3v) is 3.21.